The summed E-state index contributed by atoms with van der Waals surface area (Å²) in [5.41, 5.74) is 2.58. The number of anilines is 1. The smallest absolute Gasteiger partial charge is 0.119 e. The van der Waals surface area contributed by atoms with E-state index in [4.69, 9.17) is 4.74 Å². The Labute approximate surface area is 181 Å². The Balaban J connectivity index is 0.00000196. The molecule has 1 atom stereocenters. The van der Waals surface area contributed by atoms with E-state index in [0.717, 1.165) is 31.9 Å². The summed E-state index contributed by atoms with van der Waals surface area (Å²) in [7, 11) is 0. The summed E-state index contributed by atoms with van der Waals surface area (Å²) in [5, 5.41) is 10.3. The van der Waals surface area contributed by atoms with Crippen LogP contribution in [0.2, 0.25) is 0 Å². The zero-order chi connectivity index (χ0) is 18.4. The number of ether oxygens (including phenoxy) is 1. The minimum absolute atomic E-state index is 0. The van der Waals surface area contributed by atoms with Gasteiger partial charge in [-0.25, -0.2) is 0 Å². The molecule has 1 saturated heterocycles. The lowest BCUT2D eigenvalue weighted by atomic mass is 10.0. The topological polar surface area (TPSA) is 35.9 Å². The minimum Gasteiger partial charge on any atom is -1.00 e. The van der Waals surface area contributed by atoms with Gasteiger partial charge in [-0.05, 0) is 35.7 Å². The van der Waals surface area contributed by atoms with Crippen molar-refractivity contribution in [1.29, 1.82) is 0 Å². The zero-order valence-corrected chi connectivity index (χ0v) is 18.1. The first-order valence-corrected chi connectivity index (χ1v) is 9.55. The van der Waals surface area contributed by atoms with Crippen molar-refractivity contribution in [2.75, 3.05) is 44.2 Å². The van der Waals surface area contributed by atoms with Gasteiger partial charge in [-0.1, -0.05) is 44.2 Å². The SMILES string of the molecule is CC(C)c1ccc(OCC(O)CN2CCN(c3ccccc3)CC2)cc1.[Cl-].[Cl-]. The molecule has 28 heavy (non-hydrogen) atoms. The van der Waals surface area contributed by atoms with E-state index in [-0.39, 0.29) is 24.8 Å². The Morgan fingerprint density at radius 1 is 0.893 bits per heavy atom. The van der Waals surface area contributed by atoms with Crippen molar-refractivity contribution in [3.8, 4) is 5.75 Å². The van der Waals surface area contributed by atoms with E-state index in [1.807, 2.05) is 18.2 Å². The van der Waals surface area contributed by atoms with Gasteiger partial charge in [0.2, 0.25) is 0 Å². The van der Waals surface area contributed by atoms with Crippen LogP contribution in [0, 0.1) is 0 Å². The van der Waals surface area contributed by atoms with Crippen molar-refractivity contribution in [2.45, 2.75) is 25.9 Å². The van der Waals surface area contributed by atoms with E-state index >= 15 is 0 Å². The molecular formula is C22H30Cl2N2O2-2. The normalized spacial score (nSPS) is 15.5. The van der Waals surface area contributed by atoms with E-state index in [1.54, 1.807) is 0 Å². The predicted octanol–water partition coefficient (Wildman–Crippen LogP) is -2.62. The number of rotatable bonds is 7. The Morgan fingerprint density at radius 3 is 2.07 bits per heavy atom. The highest BCUT2D eigenvalue weighted by molar-refractivity contribution is 5.46. The molecule has 0 aromatic heterocycles. The van der Waals surface area contributed by atoms with Gasteiger partial charge in [-0.15, -0.1) is 0 Å². The van der Waals surface area contributed by atoms with E-state index in [2.05, 4.69) is 60.0 Å². The standard InChI is InChI=1S/C22H30N2O2.2ClH/c1-18(2)19-8-10-22(11-9-19)26-17-21(25)16-23-12-14-24(15-13-23)20-6-4-3-5-7-20;;/h3-11,18,21,25H,12-17H2,1-2H3;2*1H/p-2. The molecule has 2 aromatic carbocycles. The van der Waals surface area contributed by atoms with Gasteiger partial charge in [-0.3, -0.25) is 4.90 Å². The summed E-state index contributed by atoms with van der Waals surface area (Å²) in [5.74, 6) is 1.34. The third kappa shape index (κ3) is 7.17. The van der Waals surface area contributed by atoms with Gasteiger partial charge in [0.25, 0.3) is 0 Å². The van der Waals surface area contributed by atoms with Crippen molar-refractivity contribution in [2.24, 2.45) is 0 Å². The number of hydrogen-bond donors (Lipinski definition) is 1. The lowest BCUT2D eigenvalue weighted by Crippen LogP contribution is -3.00. The van der Waals surface area contributed by atoms with Crippen LogP contribution < -0.4 is 34.5 Å². The molecule has 1 heterocycles. The number of hydrogen-bond acceptors (Lipinski definition) is 4. The summed E-state index contributed by atoms with van der Waals surface area (Å²) in [6.07, 6.45) is -0.469. The maximum atomic E-state index is 10.3. The lowest BCUT2D eigenvalue weighted by Gasteiger charge is -2.36. The molecule has 1 unspecified atom stereocenters. The average molecular weight is 425 g/mol. The Bertz CT molecular complexity index is 660. The van der Waals surface area contributed by atoms with Crippen molar-refractivity contribution in [3.63, 3.8) is 0 Å². The lowest BCUT2D eigenvalue weighted by molar-refractivity contribution is -0.001000. The first kappa shape index (κ1) is 24.6. The van der Waals surface area contributed by atoms with Crippen molar-refractivity contribution in [3.05, 3.63) is 60.2 Å². The van der Waals surface area contributed by atoms with Crippen LogP contribution in [0.25, 0.3) is 0 Å². The number of β-amino-alcohol motifs (C(OH)–C–C–N with tert-alkyl or cyclic N) is 1. The fourth-order valence-electron chi connectivity index (χ4n) is 3.32. The fraction of sp³-hybridized carbons (Fsp3) is 0.455. The van der Waals surface area contributed by atoms with Gasteiger partial charge in [-0.2, -0.15) is 0 Å². The maximum absolute atomic E-state index is 10.3. The van der Waals surface area contributed by atoms with Crippen LogP contribution in [0.5, 0.6) is 5.75 Å². The van der Waals surface area contributed by atoms with Crippen LogP contribution >= 0.6 is 0 Å². The molecule has 1 N–H and O–H groups in total. The highest BCUT2D eigenvalue weighted by Gasteiger charge is 2.19. The van der Waals surface area contributed by atoms with E-state index in [1.165, 1.54) is 11.3 Å². The molecule has 6 heteroatoms. The number of halogens is 2. The Morgan fingerprint density at radius 2 is 1.50 bits per heavy atom. The first-order valence-electron chi connectivity index (χ1n) is 9.55. The van der Waals surface area contributed by atoms with Crippen LogP contribution in [-0.2, 0) is 0 Å². The quantitative estimate of drug-likeness (QED) is 0.527. The second kappa shape index (κ2) is 12.2. The van der Waals surface area contributed by atoms with E-state index < -0.39 is 6.10 Å². The van der Waals surface area contributed by atoms with E-state index in [9.17, 15) is 5.11 Å². The Kier molecular flexibility index (Phi) is 10.7. The minimum atomic E-state index is -0.469. The van der Waals surface area contributed by atoms with Gasteiger partial charge in [0.1, 0.15) is 18.5 Å². The molecule has 0 spiro atoms. The fourth-order valence-corrected chi connectivity index (χ4v) is 3.32. The molecule has 0 aliphatic carbocycles. The highest BCUT2D eigenvalue weighted by Crippen LogP contribution is 2.19. The Hall–Kier alpha value is -1.46. The third-order valence-electron chi connectivity index (χ3n) is 4.95. The van der Waals surface area contributed by atoms with Gasteiger partial charge in [0.15, 0.2) is 0 Å². The molecule has 1 aliphatic rings. The van der Waals surface area contributed by atoms with Crippen molar-refractivity contribution < 1.29 is 34.7 Å². The molecule has 2 aromatic rings. The number of benzene rings is 2. The molecule has 0 bridgehead atoms. The number of aliphatic hydroxyl groups excluding tert-OH is 1. The van der Waals surface area contributed by atoms with Gasteiger partial charge in [0, 0.05) is 38.4 Å². The summed E-state index contributed by atoms with van der Waals surface area (Å²) in [6.45, 7) is 9.27. The molecule has 4 nitrogen and oxygen atoms in total. The first-order chi connectivity index (χ1) is 12.6. The number of para-hydroxylation sites is 1. The van der Waals surface area contributed by atoms with Crippen LogP contribution in [0.15, 0.2) is 54.6 Å². The van der Waals surface area contributed by atoms with Crippen LogP contribution in [0.1, 0.15) is 25.3 Å². The molecule has 0 saturated carbocycles. The zero-order valence-electron chi connectivity index (χ0n) is 16.6. The monoisotopic (exact) mass is 424 g/mol. The number of piperazine rings is 1. The molecule has 0 radical (unpaired) electrons. The van der Waals surface area contributed by atoms with Crippen LogP contribution in [-0.4, -0.2) is 55.4 Å². The third-order valence-corrected chi connectivity index (χ3v) is 4.95. The van der Waals surface area contributed by atoms with Gasteiger partial charge >= 0.3 is 0 Å². The predicted molar refractivity (Wildman–Crippen MR) is 107 cm³/mol. The summed E-state index contributed by atoms with van der Waals surface area (Å²) < 4.78 is 5.75. The molecule has 156 valence electrons. The van der Waals surface area contributed by atoms with E-state index in [0.29, 0.717) is 19.1 Å². The van der Waals surface area contributed by atoms with Crippen LogP contribution in [0.4, 0.5) is 5.69 Å². The maximum Gasteiger partial charge on any atom is 0.119 e. The molecule has 3 rings (SSSR count). The van der Waals surface area contributed by atoms with Crippen molar-refractivity contribution in [1.82, 2.24) is 4.90 Å². The summed E-state index contributed by atoms with van der Waals surface area (Å²) in [6, 6.07) is 18.7. The highest BCUT2D eigenvalue weighted by atomic mass is 35.5. The largest absolute Gasteiger partial charge is 1.00 e. The molecule has 1 fully saturated rings. The molecule has 1 aliphatic heterocycles. The summed E-state index contributed by atoms with van der Waals surface area (Å²) in [4.78, 5) is 4.71. The number of aliphatic hydroxyl groups is 1. The second-order valence-corrected chi connectivity index (χ2v) is 7.31. The van der Waals surface area contributed by atoms with Gasteiger partial charge in [0.05, 0.1) is 0 Å². The number of nitrogens with zero attached hydrogens (tertiary/aromatic N) is 2. The average Bonchev–Trinajstić information content (AvgIpc) is 2.68. The summed E-state index contributed by atoms with van der Waals surface area (Å²) >= 11 is 0. The second-order valence-electron chi connectivity index (χ2n) is 7.31. The van der Waals surface area contributed by atoms with Gasteiger partial charge < -0.3 is 39.6 Å². The molecular weight excluding hydrogens is 395 g/mol. The van der Waals surface area contributed by atoms with Crippen LogP contribution in [0.3, 0.4) is 0 Å². The molecule has 0 amide bonds. The van der Waals surface area contributed by atoms with Crippen molar-refractivity contribution >= 4 is 5.69 Å².